The third-order valence-corrected chi connectivity index (χ3v) is 1.52. The molecule has 0 aromatic carbocycles. The van der Waals surface area contributed by atoms with Gasteiger partial charge in [0.25, 0.3) is 0 Å². The molecule has 0 aromatic rings. The maximum atomic E-state index is 10.4. The molecule has 0 aromatic heterocycles. The minimum absolute atomic E-state index is 0.247. The Morgan fingerprint density at radius 1 is 1.33 bits per heavy atom. The molecule has 6 nitrogen and oxygen atoms in total. The van der Waals surface area contributed by atoms with E-state index in [0.29, 0.717) is 0 Å². The molecule has 90 valence electrons. The fraction of sp³-hybridized carbons (Fsp3) is 0.875. The first-order valence-corrected chi connectivity index (χ1v) is 5.91. The molecule has 0 bridgehead atoms. The van der Waals surface area contributed by atoms with E-state index >= 15 is 0 Å². The number of carbonyl (C=O) groups excluding carboxylic acids is 1. The molecule has 2 N–H and O–H groups in total. The Kier molecular flexibility index (Phi) is 14.8. The molecule has 0 saturated carbocycles. The van der Waals surface area contributed by atoms with E-state index in [9.17, 15) is 9.36 Å². The van der Waals surface area contributed by atoms with Crippen molar-refractivity contribution in [3.63, 3.8) is 0 Å². The predicted octanol–water partition coefficient (Wildman–Crippen LogP) is 2.16. The quantitative estimate of drug-likeness (QED) is 0.568. The first kappa shape index (κ1) is 16.7. The summed E-state index contributed by atoms with van der Waals surface area (Å²) in [7, 11) is -2.66. The van der Waals surface area contributed by atoms with Crippen molar-refractivity contribution in [3.8, 4) is 0 Å². The summed E-state index contributed by atoms with van der Waals surface area (Å²) in [5.41, 5.74) is 0. The van der Waals surface area contributed by atoms with Gasteiger partial charge in [0.2, 0.25) is 0 Å². The van der Waals surface area contributed by atoms with Gasteiger partial charge in [-0.3, -0.25) is 5.32 Å². The largest absolute Gasteiger partial charge is 0.696 e. The van der Waals surface area contributed by atoms with Crippen LogP contribution in [0.15, 0.2) is 0 Å². The predicted molar refractivity (Wildman–Crippen MR) is 56.5 cm³/mol. The van der Waals surface area contributed by atoms with Gasteiger partial charge < -0.3 is 4.74 Å². The summed E-state index contributed by atoms with van der Waals surface area (Å²) < 4.78 is 18.4. The van der Waals surface area contributed by atoms with Crippen LogP contribution < -0.4 is 5.32 Å². The first-order chi connectivity index (χ1) is 7.08. The Labute approximate surface area is 90.9 Å². The highest BCUT2D eigenvalue weighted by atomic mass is 31.1. The van der Waals surface area contributed by atoms with Crippen molar-refractivity contribution >= 4 is 14.3 Å². The van der Waals surface area contributed by atoms with Crippen molar-refractivity contribution in [1.29, 1.82) is 0 Å². The zero-order valence-corrected chi connectivity index (χ0v) is 10.3. The molecule has 0 rings (SSSR count). The van der Waals surface area contributed by atoms with Crippen LogP contribution in [0.25, 0.3) is 0 Å². The molecule has 0 heterocycles. The van der Waals surface area contributed by atoms with Crippen molar-refractivity contribution in [2.45, 2.75) is 33.6 Å². The zero-order chi connectivity index (χ0) is 12.1. The second kappa shape index (κ2) is 13.3. The lowest BCUT2D eigenvalue weighted by molar-refractivity contribution is 0.141. The molecule has 0 spiro atoms. The molecule has 7 heteroatoms. The lowest BCUT2D eigenvalue weighted by atomic mass is 10.4. The SMILES string of the molecule is CCCC.CCOC(=O)NCO[P+](=O)O. The van der Waals surface area contributed by atoms with E-state index < -0.39 is 14.3 Å². The maximum Gasteiger partial charge on any atom is 0.696 e. The molecular formula is C8H19NO5P+. The van der Waals surface area contributed by atoms with E-state index in [1.54, 1.807) is 6.92 Å². The molecular weight excluding hydrogens is 221 g/mol. The van der Waals surface area contributed by atoms with Gasteiger partial charge in [-0.1, -0.05) is 31.2 Å². The van der Waals surface area contributed by atoms with E-state index in [1.165, 1.54) is 12.8 Å². The summed E-state index contributed by atoms with van der Waals surface area (Å²) in [4.78, 5) is 18.5. The highest BCUT2D eigenvalue weighted by Crippen LogP contribution is 2.11. The van der Waals surface area contributed by atoms with Crippen molar-refractivity contribution in [1.82, 2.24) is 5.32 Å². The second-order valence-electron chi connectivity index (χ2n) is 2.41. The Morgan fingerprint density at radius 2 is 1.87 bits per heavy atom. The topological polar surface area (TPSA) is 84.9 Å². The summed E-state index contributed by atoms with van der Waals surface area (Å²) in [6, 6.07) is 0. The van der Waals surface area contributed by atoms with E-state index in [-0.39, 0.29) is 13.3 Å². The molecule has 0 aliphatic heterocycles. The average Bonchev–Trinajstić information content (AvgIpc) is 2.18. The van der Waals surface area contributed by atoms with Gasteiger partial charge in [0.15, 0.2) is 6.73 Å². The van der Waals surface area contributed by atoms with E-state index in [0.717, 1.165) is 0 Å². The number of amides is 1. The number of alkyl carbamates (subject to hydrolysis) is 1. The Bertz CT molecular complexity index is 174. The molecule has 15 heavy (non-hydrogen) atoms. The van der Waals surface area contributed by atoms with Gasteiger partial charge in [0.05, 0.1) is 6.61 Å². The van der Waals surface area contributed by atoms with Crippen LogP contribution in [-0.2, 0) is 13.8 Å². The Morgan fingerprint density at radius 3 is 2.20 bits per heavy atom. The Hall–Kier alpha value is -0.710. The van der Waals surface area contributed by atoms with Crippen LogP contribution >= 0.6 is 8.25 Å². The Balaban J connectivity index is 0. The van der Waals surface area contributed by atoms with Crippen molar-refractivity contribution in [2.24, 2.45) is 0 Å². The van der Waals surface area contributed by atoms with E-state index in [4.69, 9.17) is 4.89 Å². The number of carbonyl (C=O) groups is 1. The van der Waals surface area contributed by atoms with Crippen molar-refractivity contribution < 1.29 is 23.5 Å². The molecule has 0 fully saturated rings. The molecule has 0 aliphatic carbocycles. The van der Waals surface area contributed by atoms with Crippen LogP contribution in [0.2, 0.25) is 0 Å². The summed E-state index contributed by atoms with van der Waals surface area (Å²) in [5, 5.41) is 2.09. The van der Waals surface area contributed by atoms with Gasteiger partial charge in [-0.05, 0) is 6.92 Å². The number of hydrogen-bond acceptors (Lipinski definition) is 4. The standard InChI is InChI=1S/C4H8NO5P.C4H10/c1-2-9-4(6)5-3-10-11(7)8;1-3-4-2/h2-3H2,1H3,(H-,5,6,7,8);3-4H2,1-2H3/p+1. The smallest absolute Gasteiger partial charge is 0.450 e. The van der Waals surface area contributed by atoms with Crippen LogP contribution in [0.4, 0.5) is 4.79 Å². The zero-order valence-electron chi connectivity index (χ0n) is 9.36. The fourth-order valence-corrected chi connectivity index (χ4v) is 0.504. The summed E-state index contributed by atoms with van der Waals surface area (Å²) in [6.07, 6.45) is 1.96. The van der Waals surface area contributed by atoms with Gasteiger partial charge in [-0.2, -0.15) is 0 Å². The summed E-state index contributed by atoms with van der Waals surface area (Å²) in [6.45, 7) is 5.93. The second-order valence-corrected chi connectivity index (χ2v) is 3.14. The van der Waals surface area contributed by atoms with Gasteiger partial charge in [0.1, 0.15) is 0 Å². The summed E-state index contributed by atoms with van der Waals surface area (Å²) >= 11 is 0. The number of unbranched alkanes of at least 4 members (excludes halogenated alkanes) is 1. The minimum atomic E-state index is -2.66. The first-order valence-electron chi connectivity index (χ1n) is 4.78. The van der Waals surface area contributed by atoms with Crippen LogP contribution in [-0.4, -0.2) is 24.3 Å². The van der Waals surface area contributed by atoms with E-state index in [2.05, 4.69) is 28.4 Å². The molecule has 1 amide bonds. The normalized spacial score (nSPS) is 9.73. The number of nitrogens with one attached hydrogen (secondary N) is 1. The lowest BCUT2D eigenvalue weighted by Crippen LogP contribution is -2.25. The number of hydrogen-bond donors (Lipinski definition) is 2. The van der Waals surface area contributed by atoms with Crippen LogP contribution in [0.5, 0.6) is 0 Å². The molecule has 0 radical (unpaired) electrons. The minimum Gasteiger partial charge on any atom is -0.450 e. The third-order valence-electron chi connectivity index (χ3n) is 1.17. The fourth-order valence-electron chi connectivity index (χ4n) is 0.329. The number of ether oxygens (including phenoxy) is 1. The lowest BCUT2D eigenvalue weighted by Gasteiger charge is -1.99. The maximum absolute atomic E-state index is 10.4. The molecule has 0 aliphatic rings. The van der Waals surface area contributed by atoms with Gasteiger partial charge in [-0.15, -0.1) is 4.89 Å². The van der Waals surface area contributed by atoms with Crippen LogP contribution in [0.3, 0.4) is 0 Å². The van der Waals surface area contributed by atoms with Crippen LogP contribution in [0, 0.1) is 0 Å². The average molecular weight is 240 g/mol. The van der Waals surface area contributed by atoms with Gasteiger partial charge in [-0.25, -0.2) is 4.79 Å². The third kappa shape index (κ3) is 19.6. The van der Waals surface area contributed by atoms with E-state index in [1.807, 2.05) is 0 Å². The summed E-state index contributed by atoms with van der Waals surface area (Å²) in [5.74, 6) is 0. The van der Waals surface area contributed by atoms with Gasteiger partial charge >= 0.3 is 14.3 Å². The monoisotopic (exact) mass is 240 g/mol. The van der Waals surface area contributed by atoms with Crippen molar-refractivity contribution in [3.05, 3.63) is 0 Å². The highest BCUT2D eigenvalue weighted by Gasteiger charge is 2.11. The highest BCUT2D eigenvalue weighted by molar-refractivity contribution is 7.32. The molecule has 1 unspecified atom stereocenters. The molecule has 0 saturated heterocycles. The van der Waals surface area contributed by atoms with Crippen molar-refractivity contribution in [2.75, 3.05) is 13.3 Å². The van der Waals surface area contributed by atoms with Gasteiger partial charge in [0, 0.05) is 4.57 Å². The van der Waals surface area contributed by atoms with Crippen LogP contribution in [0.1, 0.15) is 33.6 Å². The number of rotatable bonds is 5. The molecule has 1 atom stereocenters.